The van der Waals surface area contributed by atoms with Crippen LogP contribution in [0.5, 0.6) is 0 Å². The van der Waals surface area contributed by atoms with Crippen molar-refractivity contribution in [3.63, 3.8) is 0 Å². The number of ether oxygens (including phenoxy) is 1. The maximum Gasteiger partial charge on any atom is 0.430 e. The summed E-state index contributed by atoms with van der Waals surface area (Å²) in [5.41, 5.74) is 5.88. The number of furan rings is 2. The Morgan fingerprint density at radius 1 is 0.747 bits per heavy atom. The van der Waals surface area contributed by atoms with E-state index in [-0.39, 0.29) is 53.2 Å². The highest BCUT2D eigenvalue weighted by molar-refractivity contribution is 6.32. The van der Waals surface area contributed by atoms with Gasteiger partial charge in [0.1, 0.15) is 46.6 Å². The Bertz CT molecular complexity index is 4700. The van der Waals surface area contributed by atoms with E-state index in [1.807, 2.05) is 37.2 Å². The summed E-state index contributed by atoms with van der Waals surface area (Å²) in [6.07, 6.45) is 3.82. The van der Waals surface area contributed by atoms with Gasteiger partial charge in [-0.05, 0) is 98.0 Å². The zero-order chi connectivity index (χ0) is 55.6. The quantitative estimate of drug-likeness (QED) is 0.0902. The van der Waals surface area contributed by atoms with Gasteiger partial charge in [-0.3, -0.25) is 4.79 Å². The van der Waals surface area contributed by atoms with E-state index in [1.165, 1.54) is 36.9 Å². The molecule has 13 aromatic rings. The molecule has 0 atom stereocenters. The van der Waals surface area contributed by atoms with Crippen molar-refractivity contribution < 1.29 is 54.6 Å². The standard InChI is InChI=1S/C28H23ClFN5O4.C24H12ClFN4O3.C2HF3O2/c1-34(2)7-9-39-28(37)25-23(17-4-3-6-31-27(17)36)24-22(12-19(30)16-5-8-38-26(16)24)35(25)13-15-10-20-21(11-18(15)29)33-14-32-20;25-14-7-17-16(28-10-29-17)6-11(14)9-30-18-8-15(26)12-3-5-32-22(12)20(18)19-13-2-1-4-27-23(13)33-24(31)21(19)30;3-2(4,5)1(6)7/h3-6,8,10-12,14H,7,9,13H2,1-2H3,(H,31,36)(H,32,33);1-8,10H,9H2,(H,28,29);(H,6,7)/p-1. The zero-order valence-corrected chi connectivity index (χ0v) is 42.2. The first-order chi connectivity index (χ1) is 37.9. The van der Waals surface area contributed by atoms with Crippen LogP contribution in [0, 0.1) is 11.6 Å². The number of fused-ring (bicyclic) bond motifs is 12. The summed E-state index contributed by atoms with van der Waals surface area (Å²) in [5.74, 6) is -4.64. The molecule has 0 amide bonds. The number of halogens is 7. The van der Waals surface area contributed by atoms with Crippen molar-refractivity contribution in [1.29, 1.82) is 0 Å². The summed E-state index contributed by atoms with van der Waals surface area (Å²) in [7, 11) is 3.73. The lowest BCUT2D eigenvalue weighted by atomic mass is 10.0. The number of carbonyl (C=O) groups is 2. The van der Waals surface area contributed by atoms with E-state index in [2.05, 4.69) is 29.9 Å². The highest BCUT2D eigenvalue weighted by Gasteiger charge is 2.31. The number of hydrogen-bond acceptors (Lipinski definition) is 13. The third-order valence-electron chi connectivity index (χ3n) is 13.0. The second-order valence-corrected chi connectivity index (χ2v) is 18.9. The van der Waals surface area contributed by atoms with Crippen LogP contribution < -0.4 is 16.3 Å². The number of hydrogen-bond donors (Lipinski definition) is 3. The van der Waals surface area contributed by atoms with E-state index in [0.717, 1.165) is 22.1 Å². The first kappa shape index (κ1) is 51.8. The number of alkyl halides is 3. The Balaban J connectivity index is 0.000000151. The Kier molecular flexibility index (Phi) is 13.3. The summed E-state index contributed by atoms with van der Waals surface area (Å²) in [6, 6.07) is 19.9. The van der Waals surface area contributed by atoms with Crippen molar-refractivity contribution in [2.75, 3.05) is 27.2 Å². The average molecular weight is 1120 g/mol. The number of H-pyrrole nitrogens is 3. The van der Waals surface area contributed by atoms with Gasteiger partial charge in [0.2, 0.25) is 5.71 Å². The summed E-state index contributed by atoms with van der Waals surface area (Å²) >= 11 is 13.2. The van der Waals surface area contributed by atoms with Crippen molar-refractivity contribution in [3.05, 3.63) is 170 Å². The van der Waals surface area contributed by atoms with Crippen LogP contribution in [0.1, 0.15) is 21.6 Å². The number of aliphatic carboxylic acids is 1. The van der Waals surface area contributed by atoms with E-state index in [9.17, 15) is 27.6 Å². The number of nitrogens with zero attached hydrogens (tertiary/aromatic N) is 6. The second kappa shape index (κ2) is 20.2. The largest absolute Gasteiger partial charge is 0.542 e. The molecule has 0 aliphatic rings. The van der Waals surface area contributed by atoms with Crippen LogP contribution in [0.4, 0.5) is 22.0 Å². The minimum atomic E-state index is -5.19. The minimum absolute atomic E-state index is 0.0821. The number of likely N-dealkylation sites (N-methyl/N-ethyl adjacent to an activating group) is 1. The normalized spacial score (nSPS) is 11.9. The number of aromatic amines is 3. The van der Waals surface area contributed by atoms with Gasteiger partial charge < -0.3 is 56.9 Å². The molecule has 9 aromatic heterocycles. The molecule has 0 spiro atoms. The fourth-order valence-corrected chi connectivity index (χ4v) is 9.92. The Labute approximate surface area is 447 Å². The molecule has 0 saturated carbocycles. The lowest BCUT2D eigenvalue weighted by Crippen LogP contribution is -2.37. The fraction of sp³-hybridized carbons (Fsp3) is 0.130. The van der Waals surface area contributed by atoms with Gasteiger partial charge in [0.25, 0.3) is 5.56 Å². The van der Waals surface area contributed by atoms with Crippen LogP contribution in [0.3, 0.4) is 0 Å². The Morgan fingerprint density at radius 2 is 1.33 bits per heavy atom. The van der Waals surface area contributed by atoms with Gasteiger partial charge >= 0.3 is 17.8 Å². The topological polar surface area (TPSA) is 239 Å². The summed E-state index contributed by atoms with van der Waals surface area (Å²) in [6.45, 7) is 0.894. The van der Waals surface area contributed by atoms with Crippen molar-refractivity contribution >= 4 is 123 Å². The van der Waals surface area contributed by atoms with Gasteiger partial charge in [0.15, 0.2) is 0 Å². The van der Waals surface area contributed by atoms with Gasteiger partial charge in [-0.1, -0.05) is 23.2 Å². The van der Waals surface area contributed by atoms with E-state index in [0.29, 0.717) is 76.8 Å². The van der Waals surface area contributed by atoms with Gasteiger partial charge in [0, 0.05) is 58.4 Å². The molecule has 25 heteroatoms. The predicted molar refractivity (Wildman–Crippen MR) is 281 cm³/mol. The van der Waals surface area contributed by atoms with Crippen LogP contribution in [-0.4, -0.2) is 89.3 Å². The zero-order valence-electron chi connectivity index (χ0n) is 40.7. The summed E-state index contributed by atoms with van der Waals surface area (Å²) < 4.78 is 87.9. The lowest BCUT2D eigenvalue weighted by Gasteiger charge is -2.14. The molecular weight excluding hydrogens is 1080 g/mol. The summed E-state index contributed by atoms with van der Waals surface area (Å²) in [5, 5.41) is 12.5. The third kappa shape index (κ3) is 9.35. The number of rotatable bonds is 9. The molecule has 0 aliphatic heterocycles. The van der Waals surface area contributed by atoms with Crippen molar-refractivity contribution in [3.8, 4) is 11.1 Å². The number of carboxylic acid groups (broad SMARTS) is 1. The van der Waals surface area contributed by atoms with Gasteiger partial charge in [-0.25, -0.2) is 33.3 Å². The van der Waals surface area contributed by atoms with Crippen LogP contribution in [-0.2, 0) is 22.6 Å². The van der Waals surface area contributed by atoms with E-state index >= 15 is 8.78 Å². The summed E-state index contributed by atoms with van der Waals surface area (Å²) in [4.78, 5) is 72.2. The van der Waals surface area contributed by atoms with Crippen molar-refractivity contribution in [1.82, 2.24) is 43.9 Å². The number of aromatic nitrogens is 8. The smallest absolute Gasteiger partial charge is 0.430 e. The molecule has 4 aromatic carbocycles. The molecule has 0 unspecified atom stereocenters. The van der Waals surface area contributed by atoms with Crippen molar-refractivity contribution in [2.24, 2.45) is 0 Å². The predicted octanol–water partition coefficient (Wildman–Crippen LogP) is 10.2. The van der Waals surface area contributed by atoms with Crippen LogP contribution in [0.15, 0.2) is 133 Å². The first-order valence-electron chi connectivity index (χ1n) is 23.5. The SMILES string of the molecule is CN(C)CCOC(=O)c1c(-c2ccc[nH]c2=O)c2c3occc3c(F)cc2n1Cc1cc2[nH]cnc2cc1Cl.O=C([O-])C(F)(F)F.O=c1oc2ncccc2c2c3c4occc4c(F)cc3n(Cc3cc4[nH]cnc4cc3Cl)c12. The van der Waals surface area contributed by atoms with Gasteiger partial charge in [-0.2, -0.15) is 13.2 Å². The molecule has 400 valence electrons. The second-order valence-electron chi connectivity index (χ2n) is 18.1. The number of pyridine rings is 2. The third-order valence-corrected chi connectivity index (χ3v) is 13.7. The van der Waals surface area contributed by atoms with Gasteiger partial charge in [0.05, 0.1) is 85.4 Å². The molecule has 0 aliphatic carbocycles. The monoisotopic (exact) mass is 1120 g/mol. The number of nitrogens with one attached hydrogen (secondary N) is 3. The number of benzene rings is 4. The van der Waals surface area contributed by atoms with Crippen LogP contribution >= 0.6 is 23.2 Å². The Hall–Kier alpha value is -9.32. The van der Waals surface area contributed by atoms with E-state index < -0.39 is 40.9 Å². The molecule has 0 radical (unpaired) electrons. The van der Waals surface area contributed by atoms with E-state index in [4.69, 9.17) is 51.1 Å². The average Bonchev–Trinajstić information content (AvgIpc) is 3.87. The van der Waals surface area contributed by atoms with Crippen LogP contribution in [0.2, 0.25) is 10.0 Å². The molecule has 9 heterocycles. The highest BCUT2D eigenvalue weighted by atomic mass is 35.5. The number of carbonyl (C=O) groups excluding carboxylic acids is 2. The molecule has 0 saturated heterocycles. The molecule has 0 bridgehead atoms. The number of esters is 1. The van der Waals surface area contributed by atoms with Crippen LogP contribution in [0.25, 0.3) is 98.9 Å². The molecule has 3 N–H and O–H groups in total. The minimum Gasteiger partial charge on any atom is -0.542 e. The van der Waals surface area contributed by atoms with Crippen molar-refractivity contribution in [2.45, 2.75) is 19.3 Å². The first-order valence-corrected chi connectivity index (χ1v) is 24.3. The van der Waals surface area contributed by atoms with Gasteiger partial charge in [-0.15, -0.1) is 0 Å². The highest BCUT2D eigenvalue weighted by Crippen LogP contribution is 2.42. The van der Waals surface area contributed by atoms with E-state index in [1.54, 1.807) is 64.4 Å². The fourth-order valence-electron chi connectivity index (χ4n) is 9.48. The molecular formula is C54H35Cl2F5N9O9-. The number of imidazole rings is 2. The maximum atomic E-state index is 15.3. The molecule has 13 rings (SSSR count). The number of carboxylic acids is 1. The maximum absolute atomic E-state index is 15.3. The molecule has 18 nitrogen and oxygen atoms in total. The Morgan fingerprint density at radius 3 is 1.91 bits per heavy atom. The lowest BCUT2D eigenvalue weighted by molar-refractivity contribution is -0.344. The molecule has 0 fully saturated rings. The molecule has 79 heavy (non-hydrogen) atoms.